The number of ether oxygens (including phenoxy) is 1. The van der Waals surface area contributed by atoms with Gasteiger partial charge < -0.3 is 14.5 Å². The number of benzene rings is 1. The molecule has 27 heavy (non-hydrogen) atoms. The number of nitrogens with zero attached hydrogens (tertiary/aromatic N) is 3. The lowest BCUT2D eigenvalue weighted by atomic mass is 10.1. The number of likely N-dealkylation sites (N-methyl/N-ethyl adjacent to an activating group) is 1. The van der Waals surface area contributed by atoms with E-state index in [-0.39, 0.29) is 24.2 Å². The van der Waals surface area contributed by atoms with Crippen molar-refractivity contribution < 1.29 is 14.3 Å². The van der Waals surface area contributed by atoms with E-state index in [0.29, 0.717) is 29.5 Å². The number of hydrogen-bond donors (Lipinski definition) is 0. The zero-order valence-electron chi connectivity index (χ0n) is 15.4. The van der Waals surface area contributed by atoms with Gasteiger partial charge in [-0.25, -0.2) is 0 Å². The van der Waals surface area contributed by atoms with Gasteiger partial charge in [0.1, 0.15) is 5.75 Å². The van der Waals surface area contributed by atoms with Gasteiger partial charge in [-0.15, -0.1) is 0 Å². The molecule has 2 heterocycles. The maximum Gasteiger partial charge on any atom is 0.227 e. The summed E-state index contributed by atoms with van der Waals surface area (Å²) in [5, 5.41) is 0.437. The first-order valence-electron chi connectivity index (χ1n) is 8.77. The van der Waals surface area contributed by atoms with Gasteiger partial charge in [0.25, 0.3) is 0 Å². The van der Waals surface area contributed by atoms with Crippen LogP contribution in [-0.2, 0) is 16.0 Å². The molecule has 0 saturated carbocycles. The van der Waals surface area contributed by atoms with Gasteiger partial charge in [-0.05, 0) is 42.3 Å². The Kier molecular flexibility index (Phi) is 5.96. The summed E-state index contributed by atoms with van der Waals surface area (Å²) in [5.74, 6) is 0.119. The summed E-state index contributed by atoms with van der Waals surface area (Å²) in [6.07, 6.45) is 4.45. The van der Waals surface area contributed by atoms with Crippen molar-refractivity contribution in [2.24, 2.45) is 5.92 Å². The SMILES string of the molecule is COc1ccc(N2CC(C(=O)N(C)CCc3ccncc3)CC2=O)cc1Cl. The van der Waals surface area contributed by atoms with Crippen LogP contribution < -0.4 is 9.64 Å². The molecule has 6 nitrogen and oxygen atoms in total. The lowest BCUT2D eigenvalue weighted by Crippen LogP contribution is -2.36. The molecule has 0 aliphatic carbocycles. The minimum atomic E-state index is -0.346. The number of pyridine rings is 1. The molecule has 1 fully saturated rings. The molecule has 142 valence electrons. The van der Waals surface area contributed by atoms with Gasteiger partial charge in [0.05, 0.1) is 18.1 Å². The topological polar surface area (TPSA) is 62.7 Å². The maximum absolute atomic E-state index is 12.7. The van der Waals surface area contributed by atoms with Gasteiger partial charge in [0, 0.05) is 44.6 Å². The number of amides is 2. The van der Waals surface area contributed by atoms with Crippen LogP contribution >= 0.6 is 11.6 Å². The Bertz CT molecular complexity index is 828. The first-order valence-corrected chi connectivity index (χ1v) is 9.15. The number of anilines is 1. The van der Waals surface area contributed by atoms with Crippen molar-refractivity contribution >= 4 is 29.1 Å². The summed E-state index contributed by atoms with van der Waals surface area (Å²) in [6, 6.07) is 9.07. The van der Waals surface area contributed by atoms with Crippen LogP contribution in [0.2, 0.25) is 5.02 Å². The van der Waals surface area contributed by atoms with E-state index in [1.54, 1.807) is 54.6 Å². The Morgan fingerprint density at radius 3 is 2.74 bits per heavy atom. The van der Waals surface area contributed by atoms with E-state index in [1.807, 2.05) is 12.1 Å². The summed E-state index contributed by atoms with van der Waals surface area (Å²) in [4.78, 5) is 32.5. The van der Waals surface area contributed by atoms with Crippen molar-refractivity contribution in [1.29, 1.82) is 0 Å². The van der Waals surface area contributed by atoms with Crippen LogP contribution in [0.5, 0.6) is 5.75 Å². The second-order valence-electron chi connectivity index (χ2n) is 6.59. The first-order chi connectivity index (χ1) is 13.0. The summed E-state index contributed by atoms with van der Waals surface area (Å²) in [6.45, 7) is 0.960. The third-order valence-electron chi connectivity index (χ3n) is 4.78. The van der Waals surface area contributed by atoms with E-state index < -0.39 is 0 Å². The number of methoxy groups -OCH3 is 1. The minimum absolute atomic E-state index is 0.0143. The predicted octanol–water partition coefficient (Wildman–Crippen LogP) is 2.80. The average molecular weight is 388 g/mol. The highest BCUT2D eigenvalue weighted by Gasteiger charge is 2.36. The molecule has 2 aromatic rings. The first kappa shape index (κ1) is 19.2. The normalized spacial score (nSPS) is 16.5. The number of hydrogen-bond acceptors (Lipinski definition) is 4. The van der Waals surface area contributed by atoms with Crippen molar-refractivity contribution in [3.63, 3.8) is 0 Å². The molecule has 1 aromatic heterocycles. The van der Waals surface area contributed by atoms with Crippen LogP contribution in [0.3, 0.4) is 0 Å². The van der Waals surface area contributed by atoms with E-state index in [0.717, 1.165) is 12.0 Å². The van der Waals surface area contributed by atoms with Gasteiger partial charge in [0.2, 0.25) is 11.8 Å². The molecule has 2 amide bonds. The number of rotatable bonds is 6. The standard InChI is InChI=1S/C20H22ClN3O3/c1-23(10-7-14-5-8-22-9-6-14)20(26)15-11-19(25)24(13-15)16-3-4-18(27-2)17(21)12-16/h3-6,8-9,12,15H,7,10-11,13H2,1-2H3. The fourth-order valence-electron chi connectivity index (χ4n) is 3.21. The molecule has 1 aromatic carbocycles. The Hall–Kier alpha value is -2.60. The van der Waals surface area contributed by atoms with Crippen LogP contribution in [0.25, 0.3) is 0 Å². The quantitative estimate of drug-likeness (QED) is 0.764. The Morgan fingerprint density at radius 2 is 2.07 bits per heavy atom. The molecule has 1 atom stereocenters. The van der Waals surface area contributed by atoms with Gasteiger partial charge >= 0.3 is 0 Å². The molecular weight excluding hydrogens is 366 g/mol. The zero-order chi connectivity index (χ0) is 19.4. The second-order valence-corrected chi connectivity index (χ2v) is 7.00. The van der Waals surface area contributed by atoms with E-state index in [2.05, 4.69) is 4.98 Å². The number of carbonyl (C=O) groups is 2. The largest absolute Gasteiger partial charge is 0.495 e. The van der Waals surface area contributed by atoms with Crippen molar-refractivity contribution in [2.75, 3.05) is 32.1 Å². The molecule has 1 aliphatic rings. The highest BCUT2D eigenvalue weighted by atomic mass is 35.5. The number of carbonyl (C=O) groups excluding carboxylic acids is 2. The van der Waals surface area contributed by atoms with E-state index >= 15 is 0 Å². The van der Waals surface area contributed by atoms with Gasteiger partial charge in [0.15, 0.2) is 0 Å². The molecule has 7 heteroatoms. The monoisotopic (exact) mass is 387 g/mol. The molecule has 0 radical (unpaired) electrons. The van der Waals surface area contributed by atoms with Crippen LogP contribution in [0.4, 0.5) is 5.69 Å². The summed E-state index contributed by atoms with van der Waals surface area (Å²) in [5.41, 5.74) is 1.81. The molecular formula is C20H22ClN3O3. The summed E-state index contributed by atoms with van der Waals surface area (Å²) >= 11 is 6.16. The average Bonchev–Trinajstić information content (AvgIpc) is 3.08. The Balaban J connectivity index is 1.62. The lowest BCUT2D eigenvalue weighted by molar-refractivity contribution is -0.134. The van der Waals surface area contributed by atoms with Gasteiger partial charge in [-0.3, -0.25) is 14.6 Å². The van der Waals surface area contributed by atoms with E-state index in [9.17, 15) is 9.59 Å². The second kappa shape index (κ2) is 8.39. The molecule has 1 unspecified atom stereocenters. The third kappa shape index (κ3) is 4.39. The van der Waals surface area contributed by atoms with Gasteiger partial charge in [-0.2, -0.15) is 0 Å². The van der Waals surface area contributed by atoms with Crippen molar-refractivity contribution in [3.05, 3.63) is 53.3 Å². The minimum Gasteiger partial charge on any atom is -0.495 e. The predicted molar refractivity (Wildman–Crippen MR) is 104 cm³/mol. The molecule has 1 saturated heterocycles. The van der Waals surface area contributed by atoms with Crippen LogP contribution in [0, 0.1) is 5.92 Å². The molecule has 0 N–H and O–H groups in total. The fourth-order valence-corrected chi connectivity index (χ4v) is 3.47. The smallest absolute Gasteiger partial charge is 0.227 e. The van der Waals surface area contributed by atoms with Crippen molar-refractivity contribution in [2.45, 2.75) is 12.8 Å². The van der Waals surface area contributed by atoms with Crippen molar-refractivity contribution in [3.8, 4) is 5.75 Å². The van der Waals surface area contributed by atoms with Gasteiger partial charge in [-0.1, -0.05) is 11.6 Å². The van der Waals surface area contributed by atoms with Crippen LogP contribution in [0.1, 0.15) is 12.0 Å². The highest BCUT2D eigenvalue weighted by Crippen LogP contribution is 2.32. The number of aromatic nitrogens is 1. The molecule has 1 aliphatic heterocycles. The summed E-state index contributed by atoms with van der Waals surface area (Å²) < 4.78 is 5.14. The van der Waals surface area contributed by atoms with Crippen LogP contribution in [0.15, 0.2) is 42.7 Å². The molecule has 0 bridgehead atoms. The maximum atomic E-state index is 12.7. The Morgan fingerprint density at radius 1 is 1.33 bits per heavy atom. The van der Waals surface area contributed by atoms with E-state index in [1.165, 1.54) is 0 Å². The van der Waals surface area contributed by atoms with Crippen molar-refractivity contribution in [1.82, 2.24) is 9.88 Å². The fraction of sp³-hybridized carbons (Fsp3) is 0.350. The van der Waals surface area contributed by atoms with E-state index in [4.69, 9.17) is 16.3 Å². The number of halogens is 1. The van der Waals surface area contributed by atoms with Crippen LogP contribution in [-0.4, -0.2) is 48.9 Å². The molecule has 0 spiro atoms. The lowest BCUT2D eigenvalue weighted by Gasteiger charge is -2.22. The third-order valence-corrected chi connectivity index (χ3v) is 5.08. The Labute approximate surface area is 163 Å². The molecule has 3 rings (SSSR count). The summed E-state index contributed by atoms with van der Waals surface area (Å²) in [7, 11) is 3.32. The highest BCUT2D eigenvalue weighted by molar-refractivity contribution is 6.32. The zero-order valence-corrected chi connectivity index (χ0v) is 16.1.